The molecule has 106 valence electrons. The van der Waals surface area contributed by atoms with Gasteiger partial charge < -0.3 is 10.6 Å². The molecule has 0 saturated carbocycles. The van der Waals surface area contributed by atoms with Crippen LogP contribution >= 0.6 is 11.6 Å². The van der Waals surface area contributed by atoms with Gasteiger partial charge in [-0.25, -0.2) is 4.98 Å². The molecule has 0 aliphatic rings. The fourth-order valence-electron chi connectivity index (χ4n) is 1.48. The SMILES string of the molecule is CNc1cc(C(=O)NC(C)CCS(C)=O)cc(Cl)n1. The molecule has 0 bridgehead atoms. The van der Waals surface area contributed by atoms with Crippen molar-refractivity contribution < 1.29 is 9.00 Å². The monoisotopic (exact) mass is 303 g/mol. The molecule has 7 heteroatoms. The largest absolute Gasteiger partial charge is 0.373 e. The lowest BCUT2D eigenvalue weighted by Crippen LogP contribution is -2.33. The maximum absolute atomic E-state index is 12.0. The van der Waals surface area contributed by atoms with Gasteiger partial charge in [-0.1, -0.05) is 11.6 Å². The first-order valence-corrected chi connectivity index (χ1v) is 7.99. The zero-order valence-electron chi connectivity index (χ0n) is 11.2. The number of carbonyl (C=O) groups excluding carboxylic acids is 1. The number of pyridine rings is 1. The summed E-state index contributed by atoms with van der Waals surface area (Å²) in [4.78, 5) is 16.0. The van der Waals surface area contributed by atoms with Crippen molar-refractivity contribution in [3.63, 3.8) is 0 Å². The van der Waals surface area contributed by atoms with Crippen LogP contribution in [0.3, 0.4) is 0 Å². The Kier molecular flexibility index (Phi) is 6.24. The third kappa shape index (κ3) is 5.57. The lowest BCUT2D eigenvalue weighted by Gasteiger charge is -2.13. The predicted octanol–water partition coefficient (Wildman–Crippen LogP) is 1.66. The second kappa shape index (κ2) is 7.45. The molecule has 2 N–H and O–H groups in total. The number of carbonyl (C=O) groups is 1. The smallest absolute Gasteiger partial charge is 0.251 e. The molecule has 0 aliphatic carbocycles. The minimum absolute atomic E-state index is 0.0404. The predicted molar refractivity (Wildman–Crippen MR) is 79.3 cm³/mol. The van der Waals surface area contributed by atoms with Crippen molar-refractivity contribution in [2.24, 2.45) is 0 Å². The van der Waals surface area contributed by atoms with Gasteiger partial charge in [-0.3, -0.25) is 9.00 Å². The first-order chi connectivity index (χ1) is 8.92. The van der Waals surface area contributed by atoms with Crippen molar-refractivity contribution in [3.05, 3.63) is 22.8 Å². The minimum atomic E-state index is -0.847. The van der Waals surface area contributed by atoms with Crippen LogP contribution in [0.25, 0.3) is 0 Å². The first-order valence-electron chi connectivity index (χ1n) is 5.88. The molecule has 0 spiro atoms. The normalized spacial score (nSPS) is 13.7. The Morgan fingerprint density at radius 2 is 2.21 bits per heavy atom. The molecule has 0 saturated heterocycles. The maximum atomic E-state index is 12.0. The topological polar surface area (TPSA) is 71.1 Å². The number of halogens is 1. The van der Waals surface area contributed by atoms with Crippen molar-refractivity contribution in [2.75, 3.05) is 24.4 Å². The molecule has 0 aliphatic heterocycles. The number of anilines is 1. The summed E-state index contributed by atoms with van der Waals surface area (Å²) in [5.74, 6) is 0.899. The summed E-state index contributed by atoms with van der Waals surface area (Å²) in [6.07, 6.45) is 2.32. The van der Waals surface area contributed by atoms with Crippen molar-refractivity contribution in [1.82, 2.24) is 10.3 Å². The standard InChI is InChI=1S/C12H18ClN3O2S/c1-8(4-5-19(3)18)15-12(17)9-6-10(13)16-11(7-9)14-2/h6-8H,4-5H2,1-3H3,(H,14,16)(H,15,17). The molecule has 2 unspecified atom stereocenters. The first kappa shape index (κ1) is 15.9. The summed E-state index contributed by atoms with van der Waals surface area (Å²) < 4.78 is 11.0. The highest BCUT2D eigenvalue weighted by atomic mass is 35.5. The highest BCUT2D eigenvalue weighted by Gasteiger charge is 2.12. The van der Waals surface area contributed by atoms with Crippen LogP contribution in [-0.2, 0) is 10.8 Å². The summed E-state index contributed by atoms with van der Waals surface area (Å²) in [5, 5.41) is 5.95. The second-order valence-corrected chi connectivity index (χ2v) is 6.20. The third-order valence-electron chi connectivity index (χ3n) is 2.53. The van der Waals surface area contributed by atoms with Crippen molar-refractivity contribution >= 4 is 34.1 Å². The average Bonchev–Trinajstić information content (AvgIpc) is 2.35. The van der Waals surface area contributed by atoms with Gasteiger partial charge in [-0.05, 0) is 25.5 Å². The van der Waals surface area contributed by atoms with E-state index in [2.05, 4.69) is 15.6 Å². The van der Waals surface area contributed by atoms with E-state index < -0.39 is 10.8 Å². The highest BCUT2D eigenvalue weighted by Crippen LogP contribution is 2.14. The van der Waals surface area contributed by atoms with Gasteiger partial charge in [0, 0.05) is 41.5 Å². The number of nitrogens with one attached hydrogen (secondary N) is 2. The second-order valence-electron chi connectivity index (χ2n) is 4.25. The molecule has 5 nitrogen and oxygen atoms in total. The Bertz CT molecular complexity index is 482. The molecular formula is C12H18ClN3O2S. The van der Waals surface area contributed by atoms with Gasteiger partial charge in [0.1, 0.15) is 11.0 Å². The average molecular weight is 304 g/mol. The van der Waals surface area contributed by atoms with Gasteiger partial charge in [-0.2, -0.15) is 0 Å². The number of nitrogens with zero attached hydrogens (tertiary/aromatic N) is 1. The molecule has 0 aromatic carbocycles. The van der Waals surface area contributed by atoms with Gasteiger partial charge in [0.2, 0.25) is 0 Å². The molecule has 1 aromatic heterocycles. The Morgan fingerprint density at radius 1 is 1.53 bits per heavy atom. The van der Waals surface area contributed by atoms with Crippen LogP contribution in [0.15, 0.2) is 12.1 Å². The molecule has 1 aromatic rings. The van der Waals surface area contributed by atoms with E-state index in [1.165, 1.54) is 6.07 Å². The molecule has 0 radical (unpaired) electrons. The quantitative estimate of drug-likeness (QED) is 0.784. The zero-order valence-corrected chi connectivity index (χ0v) is 12.8. The van der Waals surface area contributed by atoms with E-state index in [0.29, 0.717) is 23.6 Å². The van der Waals surface area contributed by atoms with E-state index >= 15 is 0 Å². The summed E-state index contributed by atoms with van der Waals surface area (Å²) in [6.45, 7) is 1.88. The molecule has 0 fully saturated rings. The van der Waals surface area contributed by atoms with Crippen LogP contribution in [0, 0.1) is 0 Å². The maximum Gasteiger partial charge on any atom is 0.251 e. The van der Waals surface area contributed by atoms with Gasteiger partial charge in [0.25, 0.3) is 5.91 Å². The summed E-state index contributed by atoms with van der Waals surface area (Å²) in [5.41, 5.74) is 0.453. The van der Waals surface area contributed by atoms with Gasteiger partial charge in [0.05, 0.1) is 0 Å². The fraction of sp³-hybridized carbons (Fsp3) is 0.500. The minimum Gasteiger partial charge on any atom is -0.373 e. The Morgan fingerprint density at radius 3 is 2.79 bits per heavy atom. The number of aromatic nitrogens is 1. The van der Waals surface area contributed by atoms with Gasteiger partial charge >= 0.3 is 0 Å². The third-order valence-corrected chi connectivity index (χ3v) is 3.53. The van der Waals surface area contributed by atoms with E-state index in [0.717, 1.165) is 0 Å². The molecule has 1 rings (SSSR count). The van der Waals surface area contributed by atoms with Gasteiger partial charge in [0.15, 0.2) is 0 Å². The van der Waals surface area contributed by atoms with Crippen LogP contribution in [-0.4, -0.2) is 40.2 Å². The number of hydrogen-bond acceptors (Lipinski definition) is 4. The fourth-order valence-corrected chi connectivity index (χ4v) is 2.37. The Balaban J connectivity index is 2.67. The lowest BCUT2D eigenvalue weighted by atomic mass is 10.2. The Labute approximate surface area is 120 Å². The summed E-state index contributed by atoms with van der Waals surface area (Å²) in [7, 11) is 0.861. The van der Waals surface area contributed by atoms with Crippen LogP contribution in [0.2, 0.25) is 5.15 Å². The molecule has 1 amide bonds. The Hall–Kier alpha value is -1.14. The summed E-state index contributed by atoms with van der Waals surface area (Å²) in [6, 6.07) is 3.11. The molecule has 2 atom stereocenters. The summed E-state index contributed by atoms with van der Waals surface area (Å²) >= 11 is 5.84. The zero-order chi connectivity index (χ0) is 14.4. The number of amides is 1. The van der Waals surface area contributed by atoms with E-state index in [-0.39, 0.29) is 17.1 Å². The van der Waals surface area contributed by atoms with Crippen LogP contribution in [0.5, 0.6) is 0 Å². The van der Waals surface area contributed by atoms with Crippen LogP contribution in [0.4, 0.5) is 5.82 Å². The lowest BCUT2D eigenvalue weighted by molar-refractivity contribution is 0.0939. The van der Waals surface area contributed by atoms with Crippen LogP contribution < -0.4 is 10.6 Å². The van der Waals surface area contributed by atoms with E-state index in [9.17, 15) is 9.00 Å². The van der Waals surface area contributed by atoms with E-state index in [1.54, 1.807) is 19.4 Å². The van der Waals surface area contributed by atoms with E-state index in [1.807, 2.05) is 6.92 Å². The molecule has 19 heavy (non-hydrogen) atoms. The van der Waals surface area contributed by atoms with Gasteiger partial charge in [-0.15, -0.1) is 0 Å². The molecular weight excluding hydrogens is 286 g/mol. The van der Waals surface area contributed by atoms with Crippen molar-refractivity contribution in [2.45, 2.75) is 19.4 Å². The van der Waals surface area contributed by atoms with Crippen molar-refractivity contribution in [1.29, 1.82) is 0 Å². The molecule has 1 heterocycles. The number of rotatable bonds is 6. The number of hydrogen-bond donors (Lipinski definition) is 2. The van der Waals surface area contributed by atoms with E-state index in [4.69, 9.17) is 11.6 Å². The van der Waals surface area contributed by atoms with Crippen molar-refractivity contribution in [3.8, 4) is 0 Å². The highest BCUT2D eigenvalue weighted by molar-refractivity contribution is 7.84. The van der Waals surface area contributed by atoms with Crippen LogP contribution in [0.1, 0.15) is 23.7 Å².